The lowest BCUT2D eigenvalue weighted by atomic mass is 10.2. The molecule has 0 radical (unpaired) electrons. The molecule has 1 aromatic heterocycles. The molecule has 14 heavy (non-hydrogen) atoms. The highest BCUT2D eigenvalue weighted by molar-refractivity contribution is 6.34. The van der Waals surface area contributed by atoms with E-state index in [-0.39, 0.29) is 21.7 Å². The third-order valence-corrected chi connectivity index (χ3v) is 2.03. The summed E-state index contributed by atoms with van der Waals surface area (Å²) in [6, 6.07) is 1.96. The first-order valence-electron chi connectivity index (χ1n) is 3.57. The first-order valence-corrected chi connectivity index (χ1v) is 3.95. The fourth-order valence-electron chi connectivity index (χ4n) is 1.15. The van der Waals surface area contributed by atoms with Gasteiger partial charge in [-0.2, -0.15) is 5.10 Å². The number of hydrogen-bond donors (Lipinski definition) is 1. The van der Waals surface area contributed by atoms with Gasteiger partial charge in [0.05, 0.1) is 16.4 Å². The minimum atomic E-state index is -0.757. The average molecular weight is 216 g/mol. The number of aromatic amines is 1. The molecule has 2 aromatic rings. The van der Waals surface area contributed by atoms with Gasteiger partial charge in [-0.25, -0.2) is 4.39 Å². The molecule has 2 rings (SSSR count). The van der Waals surface area contributed by atoms with Crippen molar-refractivity contribution in [1.29, 1.82) is 0 Å². The fraction of sp³-hybridized carbons (Fsp3) is 0. The molecule has 0 saturated carbocycles. The van der Waals surface area contributed by atoms with Crippen LogP contribution >= 0.6 is 11.6 Å². The van der Waals surface area contributed by atoms with E-state index in [1.54, 1.807) is 0 Å². The molecule has 1 N–H and O–H groups in total. The minimum absolute atomic E-state index is 0.0346. The van der Waals surface area contributed by atoms with E-state index in [2.05, 4.69) is 10.2 Å². The van der Waals surface area contributed by atoms with Crippen molar-refractivity contribution in [2.45, 2.75) is 0 Å². The van der Waals surface area contributed by atoms with Gasteiger partial charge in [0, 0.05) is 6.07 Å². The molecule has 0 aliphatic heterocycles. The predicted molar refractivity (Wildman–Crippen MR) is 47.7 cm³/mol. The molecule has 72 valence electrons. The lowest BCUT2D eigenvalue weighted by Crippen LogP contribution is -1.89. The number of nitro groups is 1. The van der Waals surface area contributed by atoms with Crippen LogP contribution in [0.2, 0.25) is 5.15 Å². The van der Waals surface area contributed by atoms with Gasteiger partial charge in [0.15, 0.2) is 0 Å². The zero-order valence-electron chi connectivity index (χ0n) is 6.62. The lowest BCUT2D eigenvalue weighted by Gasteiger charge is -1.93. The van der Waals surface area contributed by atoms with Crippen molar-refractivity contribution in [2.24, 2.45) is 0 Å². The van der Waals surface area contributed by atoms with E-state index in [1.807, 2.05) is 0 Å². The third-order valence-electron chi connectivity index (χ3n) is 1.76. The quantitative estimate of drug-likeness (QED) is 0.586. The first kappa shape index (κ1) is 8.89. The second-order valence-electron chi connectivity index (χ2n) is 2.62. The molecule has 0 spiro atoms. The zero-order chi connectivity index (χ0) is 10.3. The van der Waals surface area contributed by atoms with Crippen LogP contribution in [0, 0.1) is 15.9 Å². The molecule has 7 heteroatoms. The van der Waals surface area contributed by atoms with E-state index in [1.165, 1.54) is 0 Å². The zero-order valence-corrected chi connectivity index (χ0v) is 7.38. The summed E-state index contributed by atoms with van der Waals surface area (Å²) < 4.78 is 13.3. The van der Waals surface area contributed by atoms with E-state index in [9.17, 15) is 14.5 Å². The molecule has 0 unspecified atom stereocenters. The molecule has 0 saturated heterocycles. The summed E-state index contributed by atoms with van der Waals surface area (Å²) >= 11 is 5.58. The number of fused-ring (bicyclic) bond motifs is 1. The van der Waals surface area contributed by atoms with Gasteiger partial charge in [-0.15, -0.1) is 0 Å². The Hall–Kier alpha value is -1.69. The van der Waals surface area contributed by atoms with Crippen LogP contribution in [-0.4, -0.2) is 15.1 Å². The van der Waals surface area contributed by atoms with Gasteiger partial charge in [-0.3, -0.25) is 15.2 Å². The number of non-ortho nitro benzene ring substituents is 1. The van der Waals surface area contributed by atoms with Crippen LogP contribution in [0.3, 0.4) is 0 Å². The number of aromatic nitrogens is 2. The average Bonchev–Trinajstić information content (AvgIpc) is 2.48. The second kappa shape index (κ2) is 2.91. The highest BCUT2D eigenvalue weighted by Gasteiger charge is 2.15. The Balaban J connectivity index is 2.80. The molecule has 1 heterocycles. The van der Waals surface area contributed by atoms with E-state index in [0.717, 1.165) is 12.1 Å². The van der Waals surface area contributed by atoms with Crippen LogP contribution in [0.15, 0.2) is 12.1 Å². The van der Waals surface area contributed by atoms with Gasteiger partial charge in [0.25, 0.3) is 5.69 Å². The number of H-pyrrole nitrogens is 1. The molecule has 0 aliphatic rings. The Bertz CT molecular complexity index is 525. The highest BCUT2D eigenvalue weighted by atomic mass is 35.5. The monoisotopic (exact) mass is 215 g/mol. The van der Waals surface area contributed by atoms with E-state index < -0.39 is 10.7 Å². The molecule has 1 aromatic carbocycles. The summed E-state index contributed by atoms with van der Waals surface area (Å²) in [4.78, 5) is 9.68. The van der Waals surface area contributed by atoms with Crippen LogP contribution in [0.1, 0.15) is 0 Å². The largest absolute Gasteiger partial charge is 0.274 e. The summed E-state index contributed by atoms with van der Waals surface area (Å²) in [5, 5.41) is 16.4. The van der Waals surface area contributed by atoms with Crippen molar-refractivity contribution >= 4 is 28.2 Å². The smallest absolute Gasteiger partial charge is 0.266 e. The Morgan fingerprint density at radius 1 is 1.57 bits per heavy atom. The molecule has 5 nitrogen and oxygen atoms in total. The van der Waals surface area contributed by atoms with E-state index in [0.29, 0.717) is 0 Å². The Kier molecular flexibility index (Phi) is 1.85. The van der Waals surface area contributed by atoms with Crippen LogP contribution in [0.25, 0.3) is 10.9 Å². The predicted octanol–water partition coefficient (Wildman–Crippen LogP) is 2.26. The van der Waals surface area contributed by atoms with Gasteiger partial charge in [-0.1, -0.05) is 11.6 Å². The molecule has 0 atom stereocenters. The standard InChI is InChI=1S/C7H3ClFN3O2/c8-7-6-4(9)1-3(12(13)14)2-5(6)10-11-7/h1-2H,(H,10,11). The van der Waals surface area contributed by atoms with Gasteiger partial charge in [0.1, 0.15) is 16.5 Å². The number of nitrogens with zero attached hydrogens (tertiary/aromatic N) is 2. The number of halogens is 2. The van der Waals surface area contributed by atoms with Gasteiger partial charge >= 0.3 is 0 Å². The number of hydrogen-bond acceptors (Lipinski definition) is 3. The number of nitrogens with one attached hydrogen (secondary N) is 1. The maximum Gasteiger partial charge on any atom is 0.274 e. The number of nitro benzene ring substituents is 1. The molecular formula is C7H3ClFN3O2. The van der Waals surface area contributed by atoms with Crippen molar-refractivity contribution < 1.29 is 9.31 Å². The molecule has 0 amide bonds. The normalized spacial score (nSPS) is 10.7. The maximum absolute atomic E-state index is 13.3. The number of benzene rings is 1. The van der Waals surface area contributed by atoms with E-state index in [4.69, 9.17) is 11.6 Å². The van der Waals surface area contributed by atoms with Gasteiger partial charge in [0.2, 0.25) is 0 Å². The molecule has 0 bridgehead atoms. The Morgan fingerprint density at radius 2 is 2.29 bits per heavy atom. The van der Waals surface area contributed by atoms with Crippen molar-refractivity contribution in [3.63, 3.8) is 0 Å². The molecule has 0 aliphatic carbocycles. The third kappa shape index (κ3) is 1.20. The van der Waals surface area contributed by atoms with Gasteiger partial charge in [-0.05, 0) is 0 Å². The van der Waals surface area contributed by atoms with Crippen LogP contribution in [0.5, 0.6) is 0 Å². The SMILES string of the molecule is O=[N+]([O-])c1cc(F)c2c(Cl)[nH]nc2c1. The lowest BCUT2D eigenvalue weighted by molar-refractivity contribution is -0.384. The summed E-state index contributed by atoms with van der Waals surface area (Å²) in [6.07, 6.45) is 0. The first-order chi connectivity index (χ1) is 6.59. The Labute approximate surface area is 81.6 Å². The molecular weight excluding hydrogens is 213 g/mol. The van der Waals surface area contributed by atoms with Crippen LogP contribution < -0.4 is 0 Å². The maximum atomic E-state index is 13.3. The van der Waals surface area contributed by atoms with Crippen LogP contribution in [-0.2, 0) is 0 Å². The minimum Gasteiger partial charge on any atom is -0.266 e. The second-order valence-corrected chi connectivity index (χ2v) is 2.99. The Morgan fingerprint density at radius 3 is 2.93 bits per heavy atom. The number of rotatable bonds is 1. The topological polar surface area (TPSA) is 71.8 Å². The van der Waals surface area contributed by atoms with Gasteiger partial charge < -0.3 is 0 Å². The van der Waals surface area contributed by atoms with E-state index >= 15 is 0 Å². The van der Waals surface area contributed by atoms with Crippen molar-refractivity contribution in [1.82, 2.24) is 10.2 Å². The summed E-state index contributed by atoms with van der Waals surface area (Å²) in [5.41, 5.74) is -0.208. The van der Waals surface area contributed by atoms with Crippen LogP contribution in [0.4, 0.5) is 10.1 Å². The van der Waals surface area contributed by atoms with Crippen molar-refractivity contribution in [3.8, 4) is 0 Å². The van der Waals surface area contributed by atoms with Crippen molar-refractivity contribution in [3.05, 3.63) is 33.2 Å². The fourth-order valence-corrected chi connectivity index (χ4v) is 1.38. The summed E-state index contributed by atoms with van der Waals surface area (Å²) in [7, 11) is 0. The highest BCUT2D eigenvalue weighted by Crippen LogP contribution is 2.27. The van der Waals surface area contributed by atoms with Crippen molar-refractivity contribution in [2.75, 3.05) is 0 Å². The molecule has 0 fully saturated rings. The summed E-state index contributed by atoms with van der Waals surface area (Å²) in [6.45, 7) is 0. The summed E-state index contributed by atoms with van der Waals surface area (Å²) in [5.74, 6) is -0.757.